The highest BCUT2D eigenvalue weighted by Gasteiger charge is 2.03. The van der Waals surface area contributed by atoms with E-state index in [0.717, 1.165) is 25.7 Å². The first-order valence-electron chi connectivity index (χ1n) is 6.99. The molecule has 1 amide bonds. The fraction of sp³-hybridized carbons (Fsp3) is 0.533. The molecule has 0 aromatic heterocycles. The first kappa shape index (κ1) is 17.8. The van der Waals surface area contributed by atoms with E-state index in [2.05, 4.69) is 64.8 Å². The van der Waals surface area contributed by atoms with Gasteiger partial charge in [0.1, 0.15) is 0 Å². The molecule has 0 fully saturated rings. The van der Waals surface area contributed by atoms with Crippen molar-refractivity contribution in [3.63, 3.8) is 0 Å². The third-order valence-electron chi connectivity index (χ3n) is 3.09. The Hall–Kier alpha value is -0.270. The predicted molar refractivity (Wildman–Crippen MR) is 96.2 cm³/mol. The molecule has 0 saturated carbocycles. The SMILES string of the molecule is NC(CS)CCCNC(=O)CCCc1ccc(I)cc1. The maximum atomic E-state index is 11.6. The van der Waals surface area contributed by atoms with Crippen LogP contribution in [0.2, 0.25) is 0 Å². The molecule has 1 aromatic carbocycles. The summed E-state index contributed by atoms with van der Waals surface area (Å²) in [5.74, 6) is 0.833. The van der Waals surface area contributed by atoms with Crippen LogP contribution in [0, 0.1) is 3.57 Å². The van der Waals surface area contributed by atoms with Crippen molar-refractivity contribution in [3.05, 3.63) is 33.4 Å². The minimum atomic E-state index is 0.134. The van der Waals surface area contributed by atoms with Crippen molar-refractivity contribution in [2.75, 3.05) is 12.3 Å². The predicted octanol–water partition coefficient (Wildman–Crippen LogP) is 2.77. The molecule has 1 aromatic rings. The fourth-order valence-electron chi connectivity index (χ4n) is 1.88. The van der Waals surface area contributed by atoms with E-state index < -0.39 is 0 Å². The van der Waals surface area contributed by atoms with Gasteiger partial charge >= 0.3 is 0 Å². The summed E-state index contributed by atoms with van der Waals surface area (Å²) in [6.07, 6.45) is 4.26. The number of hydrogen-bond acceptors (Lipinski definition) is 3. The molecule has 0 aliphatic heterocycles. The second-order valence-corrected chi connectivity index (χ2v) is 6.53. The number of rotatable bonds is 9. The summed E-state index contributed by atoms with van der Waals surface area (Å²) in [6.45, 7) is 0.712. The van der Waals surface area contributed by atoms with Crippen LogP contribution in [0.15, 0.2) is 24.3 Å². The lowest BCUT2D eigenvalue weighted by atomic mass is 10.1. The summed E-state index contributed by atoms with van der Waals surface area (Å²) in [5.41, 5.74) is 7.05. The highest BCUT2D eigenvalue weighted by Crippen LogP contribution is 2.09. The van der Waals surface area contributed by atoms with Gasteiger partial charge in [0.15, 0.2) is 0 Å². The van der Waals surface area contributed by atoms with Crippen LogP contribution in [0.3, 0.4) is 0 Å². The maximum Gasteiger partial charge on any atom is 0.220 e. The van der Waals surface area contributed by atoms with Crippen LogP contribution in [0.25, 0.3) is 0 Å². The van der Waals surface area contributed by atoms with E-state index in [1.54, 1.807) is 0 Å². The van der Waals surface area contributed by atoms with Gasteiger partial charge in [-0.15, -0.1) is 0 Å². The van der Waals surface area contributed by atoms with Crippen LogP contribution in [0.4, 0.5) is 0 Å². The van der Waals surface area contributed by atoms with Gasteiger partial charge in [0.25, 0.3) is 0 Å². The Kier molecular flexibility index (Phi) is 9.30. The van der Waals surface area contributed by atoms with Gasteiger partial charge in [0.2, 0.25) is 5.91 Å². The summed E-state index contributed by atoms with van der Waals surface area (Å²) in [4.78, 5) is 11.6. The van der Waals surface area contributed by atoms with Gasteiger partial charge in [-0.2, -0.15) is 12.6 Å². The third kappa shape index (κ3) is 8.11. The number of hydrogen-bond donors (Lipinski definition) is 3. The van der Waals surface area contributed by atoms with Gasteiger partial charge in [-0.25, -0.2) is 0 Å². The van der Waals surface area contributed by atoms with Crippen molar-refractivity contribution in [3.8, 4) is 0 Å². The second-order valence-electron chi connectivity index (χ2n) is 4.91. The molecule has 0 saturated heterocycles. The summed E-state index contributed by atoms with van der Waals surface area (Å²) in [5, 5.41) is 2.94. The van der Waals surface area contributed by atoms with Crippen LogP contribution in [0.1, 0.15) is 31.2 Å². The number of carbonyl (C=O) groups is 1. The molecular weight excluding hydrogens is 383 g/mol. The molecule has 3 nitrogen and oxygen atoms in total. The fourth-order valence-corrected chi connectivity index (χ4v) is 2.42. The standard InChI is InChI=1S/C15H23IN2OS/c16-13-8-6-12(7-9-13)3-1-5-15(19)18-10-2-4-14(17)11-20/h6-9,14,20H,1-5,10-11,17H2,(H,18,19). The molecule has 0 radical (unpaired) electrons. The second kappa shape index (κ2) is 10.5. The van der Waals surface area contributed by atoms with Crippen LogP contribution >= 0.6 is 35.2 Å². The molecule has 1 rings (SSSR count). The molecule has 1 atom stereocenters. The van der Waals surface area contributed by atoms with Gasteiger partial charge in [0.05, 0.1) is 0 Å². The zero-order chi connectivity index (χ0) is 14.8. The Morgan fingerprint density at radius 2 is 2.00 bits per heavy atom. The Morgan fingerprint density at radius 1 is 1.30 bits per heavy atom. The van der Waals surface area contributed by atoms with Crippen LogP contribution in [0.5, 0.6) is 0 Å². The van der Waals surface area contributed by atoms with E-state index in [9.17, 15) is 4.79 Å². The van der Waals surface area contributed by atoms with Gasteiger partial charge in [-0.1, -0.05) is 12.1 Å². The van der Waals surface area contributed by atoms with Crippen molar-refractivity contribution < 1.29 is 4.79 Å². The van der Waals surface area contributed by atoms with Crippen molar-refractivity contribution in [1.82, 2.24) is 5.32 Å². The zero-order valence-corrected chi connectivity index (χ0v) is 14.7. The Bertz CT molecular complexity index is 397. The number of nitrogens with one attached hydrogen (secondary N) is 1. The molecule has 20 heavy (non-hydrogen) atoms. The molecule has 0 heterocycles. The van der Waals surface area contributed by atoms with E-state index in [1.165, 1.54) is 9.13 Å². The van der Waals surface area contributed by atoms with Crippen LogP contribution in [-0.2, 0) is 11.2 Å². The molecule has 0 spiro atoms. The normalized spacial score (nSPS) is 12.2. The minimum Gasteiger partial charge on any atom is -0.356 e. The summed E-state index contributed by atoms with van der Waals surface area (Å²) in [6, 6.07) is 8.58. The third-order valence-corrected chi connectivity index (χ3v) is 4.28. The molecule has 112 valence electrons. The molecular formula is C15H23IN2OS. The molecule has 1 unspecified atom stereocenters. The molecule has 5 heteroatoms. The molecule has 0 aliphatic rings. The Morgan fingerprint density at radius 3 is 2.65 bits per heavy atom. The van der Waals surface area contributed by atoms with Crippen molar-refractivity contribution in [2.24, 2.45) is 5.73 Å². The average molecular weight is 406 g/mol. The van der Waals surface area contributed by atoms with E-state index in [0.29, 0.717) is 18.7 Å². The molecule has 0 aliphatic carbocycles. The number of thiol groups is 1. The zero-order valence-electron chi connectivity index (χ0n) is 11.6. The number of carbonyl (C=O) groups excluding carboxylic acids is 1. The monoisotopic (exact) mass is 406 g/mol. The molecule has 3 N–H and O–H groups in total. The van der Waals surface area contributed by atoms with Gasteiger partial charge in [-0.05, 0) is 66.0 Å². The summed E-state index contributed by atoms with van der Waals surface area (Å²) >= 11 is 6.43. The van der Waals surface area contributed by atoms with E-state index in [-0.39, 0.29) is 11.9 Å². The lowest BCUT2D eigenvalue weighted by molar-refractivity contribution is -0.121. The van der Waals surface area contributed by atoms with Gasteiger partial charge in [0, 0.05) is 28.3 Å². The quantitative estimate of drug-likeness (QED) is 0.336. The number of aryl methyl sites for hydroxylation is 1. The topological polar surface area (TPSA) is 55.1 Å². The number of benzene rings is 1. The first-order valence-corrected chi connectivity index (χ1v) is 8.70. The summed E-state index contributed by atoms with van der Waals surface area (Å²) < 4.78 is 1.24. The van der Waals surface area contributed by atoms with Gasteiger partial charge < -0.3 is 11.1 Å². The van der Waals surface area contributed by atoms with Crippen molar-refractivity contribution in [2.45, 2.75) is 38.1 Å². The van der Waals surface area contributed by atoms with Crippen molar-refractivity contribution in [1.29, 1.82) is 0 Å². The number of nitrogens with two attached hydrogens (primary N) is 1. The maximum absolute atomic E-state index is 11.6. The Labute approximate surface area is 140 Å². The van der Waals surface area contributed by atoms with E-state index in [4.69, 9.17) is 5.73 Å². The largest absolute Gasteiger partial charge is 0.356 e. The molecule has 0 bridgehead atoms. The number of amides is 1. The Balaban J connectivity index is 2.07. The van der Waals surface area contributed by atoms with Crippen LogP contribution in [-0.4, -0.2) is 24.2 Å². The average Bonchev–Trinajstić information content (AvgIpc) is 2.45. The lowest BCUT2D eigenvalue weighted by Crippen LogP contribution is -2.27. The smallest absolute Gasteiger partial charge is 0.220 e. The highest BCUT2D eigenvalue weighted by molar-refractivity contribution is 14.1. The van der Waals surface area contributed by atoms with Crippen LogP contribution < -0.4 is 11.1 Å². The lowest BCUT2D eigenvalue weighted by Gasteiger charge is -2.08. The van der Waals surface area contributed by atoms with E-state index >= 15 is 0 Å². The number of halogens is 1. The minimum absolute atomic E-state index is 0.134. The van der Waals surface area contributed by atoms with Gasteiger partial charge in [-0.3, -0.25) is 4.79 Å². The van der Waals surface area contributed by atoms with Crippen molar-refractivity contribution >= 4 is 41.1 Å². The highest BCUT2D eigenvalue weighted by atomic mass is 127. The summed E-state index contributed by atoms with van der Waals surface area (Å²) in [7, 11) is 0. The first-order chi connectivity index (χ1) is 9.61. The van der Waals surface area contributed by atoms with E-state index in [1.807, 2.05) is 0 Å².